The summed E-state index contributed by atoms with van der Waals surface area (Å²) >= 11 is 0. The molecule has 0 saturated heterocycles. The van der Waals surface area contributed by atoms with Crippen LogP contribution in [0.2, 0.25) is 0 Å². The molecule has 0 N–H and O–H groups in total. The van der Waals surface area contributed by atoms with Crippen LogP contribution >= 0.6 is 0 Å². The van der Waals surface area contributed by atoms with Crippen LogP contribution in [0.5, 0.6) is 0 Å². The molecule has 0 amide bonds. The summed E-state index contributed by atoms with van der Waals surface area (Å²) in [4.78, 5) is 0. The van der Waals surface area contributed by atoms with Crippen molar-refractivity contribution in [2.75, 3.05) is 13.2 Å². The van der Waals surface area contributed by atoms with Crippen LogP contribution in [0.1, 0.15) is 233 Å². The van der Waals surface area contributed by atoms with E-state index < -0.39 is 20.8 Å². The minimum Gasteiger partial charge on any atom is -0.726 e. The van der Waals surface area contributed by atoms with Gasteiger partial charge in [-0.2, -0.15) is 0 Å². The zero-order valence-corrected chi connectivity index (χ0v) is 37.8. The Morgan fingerprint density at radius 3 is 0.706 bits per heavy atom. The third-order valence-corrected chi connectivity index (χ3v) is 10.6. The van der Waals surface area contributed by atoms with Gasteiger partial charge in [0.25, 0.3) is 0 Å². The van der Waals surface area contributed by atoms with Gasteiger partial charge in [0.15, 0.2) is 0 Å². The van der Waals surface area contributed by atoms with Gasteiger partial charge in [0.2, 0.25) is 20.8 Å². The van der Waals surface area contributed by atoms with Crippen molar-refractivity contribution in [3.63, 3.8) is 0 Å². The van der Waals surface area contributed by atoms with Crippen LogP contribution in [-0.4, -0.2) is 76.9 Å². The fourth-order valence-corrected chi connectivity index (χ4v) is 7.26. The Kier molecular flexibility index (Phi) is 46.6. The van der Waals surface area contributed by atoms with E-state index in [9.17, 15) is 25.9 Å². The van der Waals surface area contributed by atoms with Crippen molar-refractivity contribution in [1.82, 2.24) is 0 Å². The van der Waals surface area contributed by atoms with Gasteiger partial charge < -0.3 is 9.11 Å². The van der Waals surface area contributed by atoms with E-state index >= 15 is 0 Å². The van der Waals surface area contributed by atoms with E-state index in [-0.39, 0.29) is 62.8 Å². The number of unbranched alkanes of at least 4 members (excludes halogenated alkanes) is 24. The molecule has 0 bridgehead atoms. The van der Waals surface area contributed by atoms with E-state index in [4.69, 9.17) is 0 Å². The van der Waals surface area contributed by atoms with Gasteiger partial charge in [-0.25, -0.2) is 16.8 Å². The molecule has 0 aromatic rings. The quantitative estimate of drug-likeness (QED) is 0.0261. The smallest absolute Gasteiger partial charge is 0.726 e. The fourth-order valence-electron chi connectivity index (χ4n) is 6.54. The van der Waals surface area contributed by atoms with Crippen LogP contribution in [0, 0.1) is 11.8 Å². The topological polar surface area (TPSA) is 133 Å². The molecule has 0 unspecified atom stereocenters. The SMILES string of the molecule is CCCCCCCCCC(CCCCCCCCC)COS(=O)(=O)[O-].CCCCCCCCCC(CCCCCCCCC)COS(=O)(=O)[O-].[Ca+2]. The molecule has 0 atom stereocenters. The fraction of sp³-hybridized carbons (Fsp3) is 1.00. The van der Waals surface area contributed by atoms with E-state index in [0.29, 0.717) is 0 Å². The van der Waals surface area contributed by atoms with Gasteiger partial charge in [0, 0.05) is 0 Å². The van der Waals surface area contributed by atoms with Crippen LogP contribution in [-0.2, 0) is 29.2 Å². The summed E-state index contributed by atoms with van der Waals surface area (Å²) in [6.45, 7) is 9.02. The first-order valence-electron chi connectivity index (χ1n) is 21.2. The van der Waals surface area contributed by atoms with Crippen molar-refractivity contribution >= 4 is 58.5 Å². The first kappa shape index (κ1) is 56.3. The molecule has 0 aromatic heterocycles. The monoisotopic (exact) mass is 795 g/mol. The normalized spacial score (nSPS) is 11.9. The molecule has 0 aliphatic carbocycles. The second kappa shape index (κ2) is 42.1. The number of hydrogen-bond acceptors (Lipinski definition) is 8. The van der Waals surface area contributed by atoms with Gasteiger partial charge in [-0.05, 0) is 37.5 Å². The van der Waals surface area contributed by atoms with Gasteiger partial charge in [0.1, 0.15) is 0 Å². The minimum absolute atomic E-state index is 0. The van der Waals surface area contributed by atoms with Gasteiger partial charge in [-0.1, -0.05) is 207 Å². The Labute approximate surface area is 348 Å². The standard InChI is InChI=1S/2C20H42O4S.Ca/c2*1-3-5-7-9-11-13-15-17-20(19-24-25(21,22)23)18-16-14-12-10-8-6-4-2;/h2*20H,3-19H2,1-2H3,(H,21,22,23);/q;;+2/p-2. The van der Waals surface area contributed by atoms with Crippen molar-refractivity contribution in [3.8, 4) is 0 Å². The molecule has 0 radical (unpaired) electrons. The molecule has 0 spiro atoms. The van der Waals surface area contributed by atoms with E-state index in [1.54, 1.807) is 0 Å². The van der Waals surface area contributed by atoms with Crippen molar-refractivity contribution in [2.24, 2.45) is 11.8 Å². The van der Waals surface area contributed by atoms with E-state index in [1.807, 2.05) is 0 Å². The molecule has 0 heterocycles. The van der Waals surface area contributed by atoms with Crippen LogP contribution < -0.4 is 0 Å². The average molecular weight is 795 g/mol. The van der Waals surface area contributed by atoms with E-state index in [0.717, 1.165) is 51.4 Å². The molecule has 0 fully saturated rings. The van der Waals surface area contributed by atoms with Gasteiger partial charge >= 0.3 is 37.7 Å². The Bertz CT molecular complexity index is 779. The molecule has 0 aliphatic heterocycles. The zero-order valence-electron chi connectivity index (χ0n) is 34.0. The molecule has 0 saturated carbocycles. The summed E-state index contributed by atoms with van der Waals surface area (Å²) in [5.41, 5.74) is 0. The second-order valence-corrected chi connectivity index (χ2v) is 16.9. The average Bonchev–Trinajstić information content (AvgIpc) is 3.06. The molecule has 8 nitrogen and oxygen atoms in total. The molecule has 0 aromatic carbocycles. The maximum absolute atomic E-state index is 10.7. The molecular formula is C40H82CaO8S2. The minimum atomic E-state index is -4.56. The van der Waals surface area contributed by atoms with E-state index in [2.05, 4.69) is 36.1 Å². The first-order chi connectivity index (χ1) is 24.0. The van der Waals surface area contributed by atoms with Gasteiger partial charge in [-0.15, -0.1) is 0 Å². The molecule has 11 heteroatoms. The summed E-state index contributed by atoms with van der Waals surface area (Å²) in [5.74, 6) is 0.407. The number of rotatable bonds is 38. The third kappa shape index (κ3) is 51.0. The van der Waals surface area contributed by atoms with Gasteiger partial charge in [-0.3, -0.25) is 8.37 Å². The first-order valence-corrected chi connectivity index (χ1v) is 23.9. The van der Waals surface area contributed by atoms with Crippen molar-refractivity contribution in [1.29, 1.82) is 0 Å². The van der Waals surface area contributed by atoms with Crippen LogP contribution in [0.25, 0.3) is 0 Å². The third-order valence-electron chi connectivity index (χ3n) is 9.76. The van der Waals surface area contributed by atoms with Crippen molar-refractivity contribution in [2.45, 2.75) is 233 Å². The van der Waals surface area contributed by atoms with Crippen molar-refractivity contribution in [3.05, 3.63) is 0 Å². The van der Waals surface area contributed by atoms with Crippen LogP contribution in [0.15, 0.2) is 0 Å². The largest absolute Gasteiger partial charge is 2.00 e. The summed E-state index contributed by atoms with van der Waals surface area (Å²) < 4.78 is 73.3. The maximum Gasteiger partial charge on any atom is 2.00 e. The second-order valence-electron chi connectivity index (χ2n) is 14.8. The summed E-state index contributed by atoms with van der Waals surface area (Å²) in [6.07, 6.45) is 38.9. The molecule has 51 heavy (non-hydrogen) atoms. The maximum atomic E-state index is 10.7. The Morgan fingerprint density at radius 1 is 0.353 bits per heavy atom. The Balaban J connectivity index is -0.000000886. The van der Waals surface area contributed by atoms with E-state index in [1.165, 1.54) is 154 Å². The summed E-state index contributed by atoms with van der Waals surface area (Å²) in [6, 6.07) is 0. The predicted molar refractivity (Wildman–Crippen MR) is 214 cm³/mol. The summed E-state index contributed by atoms with van der Waals surface area (Å²) in [5, 5.41) is 0. The Morgan fingerprint density at radius 2 is 0.529 bits per heavy atom. The zero-order chi connectivity index (χ0) is 37.6. The van der Waals surface area contributed by atoms with Crippen molar-refractivity contribution < 1.29 is 34.3 Å². The van der Waals surface area contributed by atoms with Crippen LogP contribution in [0.4, 0.5) is 0 Å². The predicted octanol–water partition coefficient (Wildman–Crippen LogP) is 12.3. The van der Waals surface area contributed by atoms with Gasteiger partial charge in [0.05, 0.1) is 13.2 Å². The Hall–Kier alpha value is 1.000. The molecular weight excluding hydrogens is 713 g/mol. The number of hydrogen-bond donors (Lipinski definition) is 0. The molecule has 0 rings (SSSR count). The summed E-state index contributed by atoms with van der Waals surface area (Å²) in [7, 11) is -9.12. The molecule has 304 valence electrons. The van der Waals surface area contributed by atoms with Crippen LogP contribution in [0.3, 0.4) is 0 Å². The molecule has 0 aliphatic rings.